The first-order valence-corrected chi connectivity index (χ1v) is 6.43. The van der Waals surface area contributed by atoms with E-state index in [9.17, 15) is 0 Å². The molecule has 3 heteroatoms. The molecule has 16 heavy (non-hydrogen) atoms. The van der Waals surface area contributed by atoms with Crippen molar-refractivity contribution in [3.8, 4) is 0 Å². The summed E-state index contributed by atoms with van der Waals surface area (Å²) in [6.07, 6.45) is 7.84. The van der Waals surface area contributed by atoms with Crippen molar-refractivity contribution in [2.24, 2.45) is 5.73 Å². The second kappa shape index (κ2) is 6.69. The first kappa shape index (κ1) is 13.2. The lowest BCUT2D eigenvalue weighted by atomic mass is 10.1. The Bertz CT molecular complexity index is 291. The Morgan fingerprint density at radius 1 is 1.38 bits per heavy atom. The van der Waals surface area contributed by atoms with E-state index in [-0.39, 0.29) is 6.04 Å². The highest BCUT2D eigenvalue weighted by Gasteiger charge is 2.07. The highest BCUT2D eigenvalue weighted by Crippen LogP contribution is 2.09. The highest BCUT2D eigenvalue weighted by molar-refractivity contribution is 5.01. The van der Waals surface area contributed by atoms with Gasteiger partial charge in [-0.25, -0.2) is 0 Å². The monoisotopic (exact) mass is 223 g/mol. The predicted octanol–water partition coefficient (Wildman–Crippen LogP) is 2.91. The van der Waals surface area contributed by atoms with Crippen LogP contribution in [0.15, 0.2) is 12.3 Å². The van der Waals surface area contributed by atoms with Gasteiger partial charge in [-0.1, -0.05) is 26.2 Å². The number of hydrogen-bond acceptors (Lipinski definition) is 2. The molecule has 1 aromatic rings. The topological polar surface area (TPSA) is 43.8 Å². The molecule has 0 fully saturated rings. The van der Waals surface area contributed by atoms with Gasteiger partial charge in [-0.05, 0) is 26.3 Å². The summed E-state index contributed by atoms with van der Waals surface area (Å²) in [6.45, 7) is 6.49. The average Bonchev–Trinajstić information content (AvgIpc) is 2.66. The van der Waals surface area contributed by atoms with Gasteiger partial charge in [0.25, 0.3) is 0 Å². The molecule has 2 N–H and O–H groups in total. The summed E-state index contributed by atoms with van der Waals surface area (Å²) in [5.41, 5.74) is 7.21. The summed E-state index contributed by atoms with van der Waals surface area (Å²) in [4.78, 5) is 0. The van der Waals surface area contributed by atoms with Crippen LogP contribution in [0, 0.1) is 0 Å². The van der Waals surface area contributed by atoms with Crippen molar-refractivity contribution in [3.05, 3.63) is 18.0 Å². The summed E-state index contributed by atoms with van der Waals surface area (Å²) in [5.74, 6) is 0. The normalized spacial score (nSPS) is 13.3. The van der Waals surface area contributed by atoms with Gasteiger partial charge < -0.3 is 5.73 Å². The lowest BCUT2D eigenvalue weighted by molar-refractivity contribution is 0.512. The van der Waals surface area contributed by atoms with Crippen LogP contribution in [-0.4, -0.2) is 15.8 Å². The Labute approximate surface area is 99.0 Å². The lowest BCUT2D eigenvalue weighted by Crippen LogP contribution is -2.23. The number of rotatable bonds is 7. The van der Waals surface area contributed by atoms with E-state index in [4.69, 9.17) is 5.73 Å². The maximum atomic E-state index is 6.08. The van der Waals surface area contributed by atoms with E-state index in [1.807, 2.05) is 10.9 Å². The molecule has 1 atom stereocenters. The molecule has 1 unspecified atom stereocenters. The molecule has 0 bridgehead atoms. The van der Waals surface area contributed by atoms with E-state index in [0.29, 0.717) is 6.04 Å². The van der Waals surface area contributed by atoms with E-state index in [2.05, 4.69) is 31.9 Å². The van der Waals surface area contributed by atoms with Crippen LogP contribution in [0.5, 0.6) is 0 Å². The van der Waals surface area contributed by atoms with E-state index in [1.165, 1.54) is 19.3 Å². The number of unbranched alkanes of at least 4 members (excludes halogenated alkanes) is 2. The number of nitrogens with zero attached hydrogens (tertiary/aromatic N) is 2. The molecule has 92 valence electrons. The molecule has 0 saturated heterocycles. The van der Waals surface area contributed by atoms with Crippen molar-refractivity contribution in [1.82, 2.24) is 9.78 Å². The molecule has 1 aromatic heterocycles. The Morgan fingerprint density at radius 2 is 2.12 bits per heavy atom. The zero-order valence-electron chi connectivity index (χ0n) is 10.8. The second-order valence-electron chi connectivity index (χ2n) is 4.84. The molecule has 0 aliphatic heterocycles. The van der Waals surface area contributed by atoms with E-state index in [1.54, 1.807) is 0 Å². The third-order valence-corrected chi connectivity index (χ3v) is 2.84. The second-order valence-corrected chi connectivity index (χ2v) is 4.84. The molecule has 0 aliphatic carbocycles. The van der Waals surface area contributed by atoms with Gasteiger partial charge in [0, 0.05) is 24.7 Å². The maximum Gasteiger partial charge on any atom is 0.0640 e. The Hall–Kier alpha value is -0.830. The Kier molecular flexibility index (Phi) is 5.53. The molecule has 0 aliphatic rings. The van der Waals surface area contributed by atoms with Gasteiger partial charge in [0.15, 0.2) is 0 Å². The fourth-order valence-electron chi connectivity index (χ4n) is 1.80. The van der Waals surface area contributed by atoms with E-state index < -0.39 is 0 Å². The maximum absolute atomic E-state index is 6.08. The number of aromatic nitrogens is 2. The molecule has 0 aromatic carbocycles. The molecule has 0 amide bonds. The minimum atomic E-state index is 0.266. The highest BCUT2D eigenvalue weighted by atomic mass is 15.3. The van der Waals surface area contributed by atoms with Crippen molar-refractivity contribution < 1.29 is 0 Å². The summed E-state index contributed by atoms with van der Waals surface area (Å²) in [6, 6.07) is 2.78. The average molecular weight is 223 g/mol. The molecular formula is C13H25N3. The number of nitrogens with two attached hydrogens (primary N) is 1. The van der Waals surface area contributed by atoms with Crippen LogP contribution in [0.1, 0.15) is 58.2 Å². The summed E-state index contributed by atoms with van der Waals surface area (Å²) < 4.78 is 1.99. The fourth-order valence-corrected chi connectivity index (χ4v) is 1.80. The van der Waals surface area contributed by atoms with Gasteiger partial charge in [0.2, 0.25) is 0 Å². The van der Waals surface area contributed by atoms with Crippen molar-refractivity contribution >= 4 is 0 Å². The van der Waals surface area contributed by atoms with Crippen LogP contribution in [-0.2, 0) is 6.42 Å². The van der Waals surface area contributed by atoms with Crippen LogP contribution >= 0.6 is 0 Å². The molecule has 0 spiro atoms. The number of hydrogen-bond donors (Lipinski definition) is 1. The largest absolute Gasteiger partial charge is 0.327 e. The fraction of sp³-hybridized carbons (Fsp3) is 0.769. The quantitative estimate of drug-likeness (QED) is 0.722. The minimum Gasteiger partial charge on any atom is -0.327 e. The van der Waals surface area contributed by atoms with Crippen LogP contribution in [0.4, 0.5) is 0 Å². The van der Waals surface area contributed by atoms with E-state index >= 15 is 0 Å². The Morgan fingerprint density at radius 3 is 2.69 bits per heavy atom. The molecule has 1 heterocycles. The van der Waals surface area contributed by atoms with Gasteiger partial charge in [0.1, 0.15) is 0 Å². The van der Waals surface area contributed by atoms with Gasteiger partial charge in [0.05, 0.1) is 5.69 Å². The van der Waals surface area contributed by atoms with Crippen molar-refractivity contribution in [2.75, 3.05) is 0 Å². The standard InChI is InChI=1S/C13H25N3/c1-4-5-6-7-12(14)10-13-8-9-16(15-13)11(2)3/h8-9,11-12H,4-7,10,14H2,1-3H3. The molecule has 0 radical (unpaired) electrons. The zero-order chi connectivity index (χ0) is 12.0. The molecule has 0 saturated carbocycles. The third kappa shape index (κ3) is 4.35. The smallest absolute Gasteiger partial charge is 0.0640 e. The Balaban J connectivity index is 2.34. The summed E-state index contributed by atoms with van der Waals surface area (Å²) in [7, 11) is 0. The first-order chi connectivity index (χ1) is 7.63. The van der Waals surface area contributed by atoms with Gasteiger partial charge in [-0.15, -0.1) is 0 Å². The third-order valence-electron chi connectivity index (χ3n) is 2.84. The van der Waals surface area contributed by atoms with Crippen molar-refractivity contribution in [3.63, 3.8) is 0 Å². The lowest BCUT2D eigenvalue weighted by Gasteiger charge is -2.09. The van der Waals surface area contributed by atoms with Gasteiger partial charge in [-0.2, -0.15) is 5.10 Å². The van der Waals surface area contributed by atoms with Crippen LogP contribution in [0.25, 0.3) is 0 Å². The van der Waals surface area contributed by atoms with Gasteiger partial charge in [-0.3, -0.25) is 4.68 Å². The predicted molar refractivity (Wildman–Crippen MR) is 68.4 cm³/mol. The SMILES string of the molecule is CCCCCC(N)Cc1ccn(C(C)C)n1. The van der Waals surface area contributed by atoms with E-state index in [0.717, 1.165) is 18.5 Å². The molecule has 3 nitrogen and oxygen atoms in total. The molecule has 1 rings (SSSR count). The van der Waals surface area contributed by atoms with Crippen molar-refractivity contribution in [1.29, 1.82) is 0 Å². The summed E-state index contributed by atoms with van der Waals surface area (Å²) in [5, 5.41) is 4.51. The van der Waals surface area contributed by atoms with Gasteiger partial charge >= 0.3 is 0 Å². The van der Waals surface area contributed by atoms with Crippen LogP contribution < -0.4 is 5.73 Å². The molecular weight excluding hydrogens is 198 g/mol. The zero-order valence-corrected chi connectivity index (χ0v) is 10.8. The minimum absolute atomic E-state index is 0.266. The van der Waals surface area contributed by atoms with Crippen LogP contribution in [0.3, 0.4) is 0 Å². The summed E-state index contributed by atoms with van der Waals surface area (Å²) >= 11 is 0. The van der Waals surface area contributed by atoms with Crippen LogP contribution in [0.2, 0.25) is 0 Å². The van der Waals surface area contributed by atoms with Crippen molar-refractivity contribution in [2.45, 2.75) is 65.0 Å². The first-order valence-electron chi connectivity index (χ1n) is 6.43.